The molecule has 2 aromatic carbocycles. The summed E-state index contributed by atoms with van der Waals surface area (Å²) in [6, 6.07) is 16.0. The minimum absolute atomic E-state index is 0.0390. The molecule has 7 rings (SSSR count). The van der Waals surface area contributed by atoms with Crippen LogP contribution in [0.3, 0.4) is 0 Å². The van der Waals surface area contributed by atoms with E-state index in [4.69, 9.17) is 24.1 Å². The standard InChI is InChI=1S/C39H50O5/c1-39-26-33(28-14-12-27(13-15-28)9-3-2-6-22-40)38-31-19-17-30(43-36-10-4-7-23-41-36)25-29(31)16-18-32(38)34(39)20-21-35(39)44-37-11-5-8-24-42-37/h12-15,17,19,25,32-38,40H,2,4-8,10-11,16,18,20-24,26H2,1H3/t32?,33-,34?,35+,36?,37?,38?,39+/m1/s1. The molecule has 5 aliphatic rings. The molecule has 0 bridgehead atoms. The predicted molar refractivity (Wildman–Crippen MR) is 172 cm³/mol. The van der Waals surface area contributed by atoms with Gasteiger partial charge in [-0.25, -0.2) is 0 Å². The second-order valence-electron chi connectivity index (χ2n) is 14.2. The first kappa shape index (κ1) is 30.3. The molecule has 0 aromatic heterocycles. The summed E-state index contributed by atoms with van der Waals surface area (Å²) in [5, 5.41) is 9.10. The Morgan fingerprint density at radius 2 is 1.70 bits per heavy atom. The normalized spacial score (nSPS) is 34.6. The summed E-state index contributed by atoms with van der Waals surface area (Å²) in [5.41, 5.74) is 5.59. The molecule has 236 valence electrons. The molecular formula is C39H50O5. The number of ether oxygens (including phenoxy) is 4. The first-order valence-electron chi connectivity index (χ1n) is 17.5. The average molecular weight is 599 g/mol. The number of rotatable bonds is 7. The Morgan fingerprint density at radius 1 is 0.909 bits per heavy atom. The van der Waals surface area contributed by atoms with Crippen molar-refractivity contribution in [3.8, 4) is 17.6 Å². The molecule has 8 atom stereocenters. The smallest absolute Gasteiger partial charge is 0.199 e. The number of aliphatic hydroxyl groups is 1. The first-order valence-corrected chi connectivity index (χ1v) is 17.5. The van der Waals surface area contributed by atoms with Gasteiger partial charge in [0.15, 0.2) is 12.6 Å². The highest BCUT2D eigenvalue weighted by molar-refractivity contribution is 5.45. The van der Waals surface area contributed by atoms with Crippen molar-refractivity contribution in [3.63, 3.8) is 0 Å². The molecule has 5 heteroatoms. The first-order chi connectivity index (χ1) is 21.6. The van der Waals surface area contributed by atoms with Crippen LogP contribution in [0, 0.1) is 29.1 Å². The Morgan fingerprint density at radius 3 is 2.45 bits per heavy atom. The van der Waals surface area contributed by atoms with E-state index in [-0.39, 0.29) is 30.7 Å². The summed E-state index contributed by atoms with van der Waals surface area (Å²) in [6.07, 6.45) is 14.1. The fraction of sp³-hybridized carbons (Fsp3) is 0.641. The molecule has 4 fully saturated rings. The number of hydrogen-bond acceptors (Lipinski definition) is 5. The van der Waals surface area contributed by atoms with Crippen molar-refractivity contribution in [1.29, 1.82) is 0 Å². The Bertz CT molecular complexity index is 1310. The molecule has 2 heterocycles. The second-order valence-corrected chi connectivity index (χ2v) is 14.2. The van der Waals surface area contributed by atoms with E-state index in [0.717, 1.165) is 82.3 Å². The molecule has 44 heavy (non-hydrogen) atoms. The third kappa shape index (κ3) is 6.21. The van der Waals surface area contributed by atoms with Crippen molar-refractivity contribution in [2.24, 2.45) is 17.3 Å². The number of hydrogen-bond donors (Lipinski definition) is 1. The minimum atomic E-state index is -0.116. The summed E-state index contributed by atoms with van der Waals surface area (Å²) in [7, 11) is 0. The van der Waals surface area contributed by atoms with Crippen LogP contribution in [0.25, 0.3) is 0 Å². The highest BCUT2D eigenvalue weighted by atomic mass is 16.7. The number of unbranched alkanes of at least 4 members (excludes halogenated alkanes) is 1. The summed E-state index contributed by atoms with van der Waals surface area (Å²) >= 11 is 0. The van der Waals surface area contributed by atoms with Crippen LogP contribution in [-0.4, -0.2) is 43.6 Å². The van der Waals surface area contributed by atoms with Crippen LogP contribution in [0.4, 0.5) is 0 Å². The zero-order valence-corrected chi connectivity index (χ0v) is 26.5. The molecule has 3 aliphatic carbocycles. The third-order valence-electron chi connectivity index (χ3n) is 11.5. The number of benzene rings is 2. The minimum Gasteiger partial charge on any atom is -0.465 e. The summed E-state index contributed by atoms with van der Waals surface area (Å²) in [6.45, 7) is 4.36. The molecule has 1 N–H and O–H groups in total. The quantitative estimate of drug-likeness (QED) is 0.260. The Labute approximate surface area is 264 Å². The number of aryl methyl sites for hydroxylation is 1. The van der Waals surface area contributed by atoms with Crippen molar-refractivity contribution in [2.45, 2.75) is 121 Å². The lowest BCUT2D eigenvalue weighted by Crippen LogP contribution is -2.48. The van der Waals surface area contributed by atoms with Gasteiger partial charge in [0, 0.05) is 31.6 Å². The van der Waals surface area contributed by atoms with Gasteiger partial charge in [-0.1, -0.05) is 37.0 Å². The molecule has 2 aliphatic heterocycles. The average Bonchev–Trinajstić information content (AvgIpc) is 3.39. The van der Waals surface area contributed by atoms with Crippen molar-refractivity contribution in [3.05, 3.63) is 64.7 Å². The van der Waals surface area contributed by atoms with Gasteiger partial charge in [-0.05, 0) is 141 Å². The van der Waals surface area contributed by atoms with E-state index in [1.807, 2.05) is 0 Å². The van der Waals surface area contributed by atoms with Crippen molar-refractivity contribution in [2.75, 3.05) is 19.8 Å². The van der Waals surface area contributed by atoms with Gasteiger partial charge in [0.05, 0.1) is 12.7 Å². The van der Waals surface area contributed by atoms with Crippen LogP contribution in [0.2, 0.25) is 0 Å². The fourth-order valence-corrected chi connectivity index (χ4v) is 9.36. The van der Waals surface area contributed by atoms with Crippen molar-refractivity contribution >= 4 is 0 Å². The molecular weight excluding hydrogens is 548 g/mol. The topological polar surface area (TPSA) is 57.2 Å². The van der Waals surface area contributed by atoms with Gasteiger partial charge in [-0.3, -0.25) is 0 Å². The summed E-state index contributed by atoms with van der Waals surface area (Å²) in [4.78, 5) is 0. The van der Waals surface area contributed by atoms with Gasteiger partial charge >= 0.3 is 0 Å². The van der Waals surface area contributed by atoms with Crippen LogP contribution < -0.4 is 4.74 Å². The molecule has 0 amide bonds. The van der Waals surface area contributed by atoms with Gasteiger partial charge in [-0.2, -0.15) is 0 Å². The molecule has 0 spiro atoms. The highest BCUT2D eigenvalue weighted by Crippen LogP contribution is 2.65. The van der Waals surface area contributed by atoms with E-state index < -0.39 is 0 Å². The Hall–Kier alpha value is -2.36. The second kappa shape index (κ2) is 13.6. The lowest BCUT2D eigenvalue weighted by Gasteiger charge is -2.54. The monoisotopic (exact) mass is 598 g/mol. The lowest BCUT2D eigenvalue weighted by atomic mass is 9.51. The van der Waals surface area contributed by atoms with Crippen LogP contribution in [0.15, 0.2) is 42.5 Å². The van der Waals surface area contributed by atoms with E-state index in [1.54, 1.807) is 0 Å². The maximum absolute atomic E-state index is 9.10. The zero-order valence-electron chi connectivity index (χ0n) is 26.5. The molecule has 5 nitrogen and oxygen atoms in total. The van der Waals surface area contributed by atoms with Crippen LogP contribution in [0.1, 0.15) is 118 Å². The number of aliphatic hydroxyl groups excluding tert-OH is 1. The predicted octanol–water partition coefficient (Wildman–Crippen LogP) is 7.88. The molecule has 2 saturated carbocycles. The van der Waals surface area contributed by atoms with E-state index in [0.29, 0.717) is 23.7 Å². The summed E-state index contributed by atoms with van der Waals surface area (Å²) < 4.78 is 25.1. The maximum atomic E-state index is 9.10. The van der Waals surface area contributed by atoms with Crippen molar-refractivity contribution in [1.82, 2.24) is 0 Å². The van der Waals surface area contributed by atoms with Gasteiger partial charge in [-0.15, -0.1) is 0 Å². The zero-order chi connectivity index (χ0) is 29.9. The van der Waals surface area contributed by atoms with Crippen LogP contribution >= 0.6 is 0 Å². The van der Waals surface area contributed by atoms with Gasteiger partial charge < -0.3 is 24.1 Å². The van der Waals surface area contributed by atoms with Crippen LogP contribution in [0.5, 0.6) is 5.75 Å². The van der Waals surface area contributed by atoms with Gasteiger partial charge in [0.1, 0.15) is 5.75 Å². The van der Waals surface area contributed by atoms with Crippen LogP contribution in [-0.2, 0) is 20.6 Å². The Balaban J connectivity index is 1.19. The third-order valence-corrected chi connectivity index (χ3v) is 11.5. The van der Waals surface area contributed by atoms with Gasteiger partial charge in [0.2, 0.25) is 0 Å². The van der Waals surface area contributed by atoms with Gasteiger partial charge in [0.25, 0.3) is 0 Å². The molecule has 0 radical (unpaired) electrons. The Kier molecular flexibility index (Phi) is 9.33. The molecule has 2 saturated heterocycles. The highest BCUT2D eigenvalue weighted by Gasteiger charge is 2.59. The molecule has 5 unspecified atom stereocenters. The maximum Gasteiger partial charge on any atom is 0.199 e. The molecule has 2 aromatic rings. The summed E-state index contributed by atoms with van der Waals surface area (Å²) in [5.74, 6) is 9.68. The van der Waals surface area contributed by atoms with E-state index >= 15 is 0 Å². The number of fused-ring (bicyclic) bond motifs is 5. The SMILES string of the molecule is C[C@]12C[C@H](c3ccc(C#CCCCO)cc3)C3c4ccc(OC5CCCCO5)cc4CCC3C1CC[C@@H]2OC1CCCCO1. The van der Waals surface area contributed by atoms with E-state index in [9.17, 15) is 0 Å². The van der Waals surface area contributed by atoms with E-state index in [2.05, 4.69) is 61.2 Å². The fourth-order valence-electron chi connectivity index (χ4n) is 9.36. The largest absolute Gasteiger partial charge is 0.465 e. The lowest BCUT2D eigenvalue weighted by molar-refractivity contribution is -0.213. The van der Waals surface area contributed by atoms with Crippen molar-refractivity contribution < 1.29 is 24.1 Å². The van der Waals surface area contributed by atoms with E-state index in [1.165, 1.54) is 42.4 Å².